The highest BCUT2D eigenvalue weighted by atomic mass is 35.5. The van der Waals surface area contributed by atoms with Crippen LogP contribution >= 0.6 is 11.6 Å². The SMILES string of the molecule is Clc1ccc(-c2noc(C3CCc4ccccc4O3)n2)cc1. The molecule has 0 aliphatic carbocycles. The third-order valence-electron chi connectivity index (χ3n) is 3.74. The number of ether oxygens (including phenoxy) is 1. The Morgan fingerprint density at radius 2 is 1.86 bits per heavy atom. The molecule has 0 fully saturated rings. The molecule has 0 N–H and O–H groups in total. The van der Waals surface area contributed by atoms with E-state index in [1.807, 2.05) is 30.3 Å². The molecule has 1 aliphatic rings. The van der Waals surface area contributed by atoms with Gasteiger partial charge in [-0.05, 0) is 48.7 Å². The molecule has 0 bridgehead atoms. The summed E-state index contributed by atoms with van der Waals surface area (Å²) in [4.78, 5) is 4.46. The van der Waals surface area contributed by atoms with Crippen LogP contribution in [0.1, 0.15) is 24.0 Å². The second kappa shape index (κ2) is 5.46. The van der Waals surface area contributed by atoms with Crippen LogP contribution in [0.5, 0.6) is 5.75 Å². The van der Waals surface area contributed by atoms with Gasteiger partial charge in [-0.25, -0.2) is 0 Å². The van der Waals surface area contributed by atoms with Crippen molar-refractivity contribution in [1.82, 2.24) is 10.1 Å². The molecule has 0 saturated heterocycles. The molecular formula is C17H13ClN2O2. The van der Waals surface area contributed by atoms with Crippen LogP contribution in [0.2, 0.25) is 5.02 Å². The predicted molar refractivity (Wildman–Crippen MR) is 82.9 cm³/mol. The Hall–Kier alpha value is -2.33. The molecule has 0 saturated carbocycles. The Morgan fingerprint density at radius 1 is 1.05 bits per heavy atom. The normalized spacial score (nSPS) is 16.9. The molecule has 1 aliphatic heterocycles. The van der Waals surface area contributed by atoms with E-state index in [2.05, 4.69) is 16.2 Å². The largest absolute Gasteiger partial charge is 0.480 e. The van der Waals surface area contributed by atoms with E-state index < -0.39 is 0 Å². The van der Waals surface area contributed by atoms with Crippen LogP contribution in [0.25, 0.3) is 11.4 Å². The maximum atomic E-state index is 5.97. The number of benzene rings is 2. The molecule has 0 amide bonds. The highest BCUT2D eigenvalue weighted by molar-refractivity contribution is 6.30. The quantitative estimate of drug-likeness (QED) is 0.701. The fourth-order valence-electron chi connectivity index (χ4n) is 2.58. The summed E-state index contributed by atoms with van der Waals surface area (Å²) < 4.78 is 11.4. The molecule has 1 atom stereocenters. The van der Waals surface area contributed by atoms with Gasteiger partial charge in [-0.1, -0.05) is 35.0 Å². The van der Waals surface area contributed by atoms with Crippen molar-refractivity contribution in [1.29, 1.82) is 0 Å². The number of hydrogen-bond acceptors (Lipinski definition) is 4. The highest BCUT2D eigenvalue weighted by Gasteiger charge is 2.26. The van der Waals surface area contributed by atoms with Crippen molar-refractivity contribution in [3.05, 3.63) is 65.0 Å². The Bertz CT molecular complexity index is 798. The van der Waals surface area contributed by atoms with Gasteiger partial charge in [-0.3, -0.25) is 0 Å². The number of hydrogen-bond donors (Lipinski definition) is 0. The van der Waals surface area contributed by atoms with Gasteiger partial charge in [-0.15, -0.1) is 0 Å². The zero-order valence-electron chi connectivity index (χ0n) is 11.7. The van der Waals surface area contributed by atoms with E-state index in [9.17, 15) is 0 Å². The molecule has 2 aromatic carbocycles. The average molecular weight is 313 g/mol. The molecule has 5 heteroatoms. The van der Waals surface area contributed by atoms with Crippen LogP contribution in [-0.4, -0.2) is 10.1 Å². The van der Waals surface area contributed by atoms with Gasteiger partial charge in [0.05, 0.1) is 0 Å². The van der Waals surface area contributed by atoms with Gasteiger partial charge in [0.1, 0.15) is 5.75 Å². The fourth-order valence-corrected chi connectivity index (χ4v) is 2.71. The van der Waals surface area contributed by atoms with Gasteiger partial charge in [0, 0.05) is 10.6 Å². The second-order valence-corrected chi connectivity index (χ2v) is 5.65. The Labute approximate surface area is 132 Å². The van der Waals surface area contributed by atoms with E-state index in [4.69, 9.17) is 20.9 Å². The van der Waals surface area contributed by atoms with E-state index in [0.29, 0.717) is 16.7 Å². The number of rotatable bonds is 2. The smallest absolute Gasteiger partial charge is 0.268 e. The third-order valence-corrected chi connectivity index (χ3v) is 3.99. The maximum Gasteiger partial charge on any atom is 0.268 e. The van der Waals surface area contributed by atoms with Gasteiger partial charge in [0.2, 0.25) is 5.82 Å². The lowest BCUT2D eigenvalue weighted by Crippen LogP contribution is -2.15. The Morgan fingerprint density at radius 3 is 2.73 bits per heavy atom. The van der Waals surface area contributed by atoms with Gasteiger partial charge < -0.3 is 9.26 Å². The molecule has 22 heavy (non-hydrogen) atoms. The molecule has 0 radical (unpaired) electrons. The van der Waals surface area contributed by atoms with Gasteiger partial charge in [0.25, 0.3) is 5.89 Å². The lowest BCUT2D eigenvalue weighted by Gasteiger charge is -2.23. The van der Waals surface area contributed by atoms with Crippen molar-refractivity contribution in [2.75, 3.05) is 0 Å². The summed E-state index contributed by atoms with van der Waals surface area (Å²) in [7, 11) is 0. The van der Waals surface area contributed by atoms with E-state index >= 15 is 0 Å². The van der Waals surface area contributed by atoms with Crippen LogP contribution < -0.4 is 4.74 Å². The minimum Gasteiger partial charge on any atom is -0.480 e. The van der Waals surface area contributed by atoms with Crippen molar-refractivity contribution in [2.45, 2.75) is 18.9 Å². The van der Waals surface area contributed by atoms with Crippen molar-refractivity contribution in [2.24, 2.45) is 0 Å². The first-order valence-corrected chi connectivity index (χ1v) is 7.51. The van der Waals surface area contributed by atoms with Gasteiger partial charge >= 0.3 is 0 Å². The molecule has 0 spiro atoms. The summed E-state index contributed by atoms with van der Waals surface area (Å²) in [6.07, 6.45) is 1.59. The summed E-state index contributed by atoms with van der Waals surface area (Å²) in [5.41, 5.74) is 2.09. The summed E-state index contributed by atoms with van der Waals surface area (Å²) in [5.74, 6) is 1.96. The number of aryl methyl sites for hydroxylation is 1. The van der Waals surface area contributed by atoms with Gasteiger partial charge in [0.15, 0.2) is 6.10 Å². The van der Waals surface area contributed by atoms with E-state index in [1.165, 1.54) is 5.56 Å². The lowest BCUT2D eigenvalue weighted by atomic mass is 10.0. The van der Waals surface area contributed by atoms with E-state index in [1.54, 1.807) is 12.1 Å². The molecule has 2 heterocycles. The Kier molecular flexibility index (Phi) is 3.31. The summed E-state index contributed by atoms with van der Waals surface area (Å²) in [6.45, 7) is 0. The first-order chi connectivity index (χ1) is 10.8. The fraction of sp³-hybridized carbons (Fsp3) is 0.176. The molecule has 3 aromatic rings. The van der Waals surface area contributed by atoms with Crippen molar-refractivity contribution < 1.29 is 9.26 Å². The summed E-state index contributed by atoms with van der Waals surface area (Å²) in [6, 6.07) is 15.4. The molecular weight excluding hydrogens is 300 g/mol. The van der Waals surface area contributed by atoms with Crippen molar-refractivity contribution in [3.8, 4) is 17.1 Å². The number of fused-ring (bicyclic) bond motifs is 1. The zero-order valence-corrected chi connectivity index (χ0v) is 12.5. The molecule has 1 unspecified atom stereocenters. The van der Waals surface area contributed by atoms with Crippen molar-refractivity contribution in [3.63, 3.8) is 0 Å². The van der Waals surface area contributed by atoms with Gasteiger partial charge in [-0.2, -0.15) is 4.98 Å². The minimum atomic E-state index is -0.191. The Balaban J connectivity index is 1.59. The maximum absolute atomic E-state index is 5.97. The standard InChI is InChI=1S/C17H13ClN2O2/c18-13-8-5-12(6-9-13)16-19-17(22-20-16)15-10-7-11-3-1-2-4-14(11)21-15/h1-6,8-9,15H,7,10H2. The topological polar surface area (TPSA) is 48.2 Å². The molecule has 4 rings (SSSR count). The van der Waals surface area contributed by atoms with Crippen molar-refractivity contribution >= 4 is 11.6 Å². The first kappa shape index (κ1) is 13.3. The zero-order chi connectivity index (χ0) is 14.9. The highest BCUT2D eigenvalue weighted by Crippen LogP contribution is 2.34. The van der Waals surface area contributed by atoms with E-state index in [0.717, 1.165) is 24.2 Å². The molecule has 110 valence electrons. The molecule has 4 nitrogen and oxygen atoms in total. The third kappa shape index (κ3) is 2.46. The van der Waals surface area contributed by atoms with Crippen LogP contribution in [0, 0.1) is 0 Å². The molecule has 1 aromatic heterocycles. The van der Waals surface area contributed by atoms with Crippen LogP contribution in [0.4, 0.5) is 0 Å². The van der Waals surface area contributed by atoms with E-state index in [-0.39, 0.29) is 6.10 Å². The number of para-hydroxylation sites is 1. The monoisotopic (exact) mass is 312 g/mol. The second-order valence-electron chi connectivity index (χ2n) is 5.22. The lowest BCUT2D eigenvalue weighted by molar-refractivity contribution is 0.135. The predicted octanol–water partition coefficient (Wildman–Crippen LogP) is 4.46. The minimum absolute atomic E-state index is 0.191. The van der Waals surface area contributed by atoms with Crippen LogP contribution in [0.15, 0.2) is 53.1 Å². The average Bonchev–Trinajstić information content (AvgIpc) is 3.05. The van der Waals surface area contributed by atoms with Crippen LogP contribution in [-0.2, 0) is 6.42 Å². The number of nitrogens with zero attached hydrogens (tertiary/aromatic N) is 2. The van der Waals surface area contributed by atoms with Crippen LogP contribution in [0.3, 0.4) is 0 Å². The summed E-state index contributed by atoms with van der Waals surface area (Å²) >= 11 is 5.89. The number of halogens is 1. The summed E-state index contributed by atoms with van der Waals surface area (Å²) in [5, 5.41) is 4.72. The number of aromatic nitrogens is 2. The first-order valence-electron chi connectivity index (χ1n) is 7.14.